The minimum atomic E-state index is -0.433. The van der Waals surface area contributed by atoms with E-state index in [0.717, 1.165) is 32.3 Å². The van der Waals surface area contributed by atoms with Crippen LogP contribution in [0.2, 0.25) is 6.32 Å². The number of ether oxygens (including phenoxy) is 1. The van der Waals surface area contributed by atoms with Gasteiger partial charge in [-0.15, -0.1) is 0 Å². The van der Waals surface area contributed by atoms with Gasteiger partial charge in [0.2, 0.25) is 0 Å². The van der Waals surface area contributed by atoms with E-state index in [4.69, 9.17) is 14.0 Å². The van der Waals surface area contributed by atoms with Gasteiger partial charge in [0.25, 0.3) is 0 Å². The van der Waals surface area contributed by atoms with Gasteiger partial charge in [-0.1, -0.05) is 6.42 Å². The van der Waals surface area contributed by atoms with Crippen LogP contribution in [0.15, 0.2) is 0 Å². The van der Waals surface area contributed by atoms with Crippen molar-refractivity contribution in [3.05, 3.63) is 0 Å². The molecule has 0 aromatic carbocycles. The maximum atomic E-state index is 12.1. The highest BCUT2D eigenvalue weighted by Crippen LogP contribution is 2.38. The minimum absolute atomic E-state index is 0.143. The monoisotopic (exact) mass is 325 g/mol. The number of nitrogens with zero attached hydrogens (tertiary/aromatic N) is 1. The Morgan fingerprint density at radius 1 is 1.22 bits per heavy atom. The largest absolute Gasteiger partial charge is 0.457 e. The van der Waals surface area contributed by atoms with Gasteiger partial charge in [-0.3, -0.25) is 0 Å². The summed E-state index contributed by atoms with van der Waals surface area (Å²) in [5.74, 6) is 0.501. The van der Waals surface area contributed by atoms with E-state index >= 15 is 0 Å². The number of likely N-dealkylation sites (tertiary alicyclic amines) is 1. The van der Waals surface area contributed by atoms with Crippen molar-refractivity contribution in [3.8, 4) is 0 Å². The molecule has 132 valence electrons. The molecule has 5 nitrogen and oxygen atoms in total. The predicted molar refractivity (Wildman–Crippen MR) is 91.4 cm³/mol. The van der Waals surface area contributed by atoms with E-state index in [0.29, 0.717) is 5.92 Å². The molecule has 1 atom stereocenters. The molecule has 0 saturated carbocycles. The number of carbonyl (C=O) groups excluding carboxylic acids is 1. The number of hydrogen-bond donors (Lipinski definition) is 0. The van der Waals surface area contributed by atoms with Gasteiger partial charge in [0.15, 0.2) is 0 Å². The first kappa shape index (κ1) is 18.6. The molecule has 0 radical (unpaired) electrons. The molecule has 2 heterocycles. The van der Waals surface area contributed by atoms with Crippen molar-refractivity contribution in [3.63, 3.8) is 0 Å². The third-order valence-corrected chi connectivity index (χ3v) is 5.05. The highest BCUT2D eigenvalue weighted by Gasteiger charge is 2.50. The second-order valence-electron chi connectivity index (χ2n) is 8.84. The Morgan fingerprint density at radius 3 is 2.30 bits per heavy atom. The standard InChI is InChI=1S/C17H32BNO4/c1-15(2,3)21-14(20)19-11-9-13(12-19)8-10-18-22-16(4,5)17(6,7)23-18/h13H,8-12H2,1-7H3. The summed E-state index contributed by atoms with van der Waals surface area (Å²) in [4.78, 5) is 13.9. The van der Waals surface area contributed by atoms with Crippen molar-refractivity contribution >= 4 is 13.2 Å². The fourth-order valence-corrected chi connectivity index (χ4v) is 3.02. The zero-order valence-electron chi connectivity index (χ0n) is 15.8. The van der Waals surface area contributed by atoms with Crippen molar-refractivity contribution in [1.29, 1.82) is 0 Å². The first-order chi connectivity index (χ1) is 10.4. The predicted octanol–water partition coefficient (Wildman–Crippen LogP) is 3.73. The van der Waals surface area contributed by atoms with Gasteiger partial charge in [-0.25, -0.2) is 4.79 Å². The van der Waals surface area contributed by atoms with E-state index in [2.05, 4.69) is 27.7 Å². The summed E-state index contributed by atoms with van der Waals surface area (Å²) in [6.07, 6.45) is 2.71. The molecule has 0 aromatic rings. The SMILES string of the molecule is CC(C)(C)OC(=O)N1CCC(CCB2OC(C)(C)C(C)(C)O2)C1. The van der Waals surface area contributed by atoms with E-state index in [1.54, 1.807) is 0 Å². The van der Waals surface area contributed by atoms with Crippen LogP contribution in [0, 0.1) is 5.92 Å². The molecule has 0 N–H and O–H groups in total. The highest BCUT2D eigenvalue weighted by atomic mass is 16.7. The first-order valence-corrected chi connectivity index (χ1v) is 8.73. The maximum absolute atomic E-state index is 12.1. The second kappa shape index (κ2) is 6.28. The van der Waals surface area contributed by atoms with E-state index in [-0.39, 0.29) is 24.4 Å². The molecule has 2 aliphatic rings. The van der Waals surface area contributed by atoms with E-state index in [1.807, 2.05) is 25.7 Å². The highest BCUT2D eigenvalue weighted by molar-refractivity contribution is 6.45. The van der Waals surface area contributed by atoms with Gasteiger partial charge in [-0.2, -0.15) is 0 Å². The van der Waals surface area contributed by atoms with Crippen LogP contribution in [-0.4, -0.2) is 48.0 Å². The summed E-state index contributed by atoms with van der Waals surface area (Å²) < 4.78 is 17.5. The fourth-order valence-electron chi connectivity index (χ4n) is 3.02. The number of rotatable bonds is 3. The average molecular weight is 325 g/mol. The smallest absolute Gasteiger partial charge is 0.444 e. The van der Waals surface area contributed by atoms with Crippen LogP contribution < -0.4 is 0 Å². The summed E-state index contributed by atoms with van der Waals surface area (Å²) in [5.41, 5.74) is -0.969. The van der Waals surface area contributed by atoms with Gasteiger partial charge < -0.3 is 18.9 Å². The van der Waals surface area contributed by atoms with Gasteiger partial charge in [-0.05, 0) is 67.1 Å². The lowest BCUT2D eigenvalue weighted by Crippen LogP contribution is -2.41. The van der Waals surface area contributed by atoms with Crippen LogP contribution in [0.1, 0.15) is 61.3 Å². The fraction of sp³-hybridized carbons (Fsp3) is 0.941. The quantitative estimate of drug-likeness (QED) is 0.742. The first-order valence-electron chi connectivity index (χ1n) is 8.73. The number of hydrogen-bond acceptors (Lipinski definition) is 4. The molecule has 2 fully saturated rings. The van der Waals surface area contributed by atoms with Crippen LogP contribution in [0.5, 0.6) is 0 Å². The summed E-state index contributed by atoms with van der Waals surface area (Å²) in [6.45, 7) is 15.6. The minimum Gasteiger partial charge on any atom is -0.444 e. The third-order valence-electron chi connectivity index (χ3n) is 5.05. The van der Waals surface area contributed by atoms with Crippen LogP contribution >= 0.6 is 0 Å². The molecule has 2 saturated heterocycles. The third kappa shape index (κ3) is 4.63. The van der Waals surface area contributed by atoms with Gasteiger partial charge in [0.05, 0.1) is 11.2 Å². The van der Waals surface area contributed by atoms with Gasteiger partial charge in [0.1, 0.15) is 5.60 Å². The van der Waals surface area contributed by atoms with E-state index in [1.165, 1.54) is 0 Å². The molecular formula is C17H32BNO4. The topological polar surface area (TPSA) is 48.0 Å². The Hall–Kier alpha value is -0.745. The Morgan fingerprint density at radius 2 is 1.78 bits per heavy atom. The Kier molecular flexibility index (Phi) is 5.08. The molecule has 23 heavy (non-hydrogen) atoms. The second-order valence-corrected chi connectivity index (χ2v) is 8.84. The summed E-state index contributed by atoms with van der Waals surface area (Å²) in [6, 6.07) is 0. The van der Waals surface area contributed by atoms with Crippen molar-refractivity contribution in [2.75, 3.05) is 13.1 Å². The lowest BCUT2D eigenvalue weighted by Gasteiger charge is -2.32. The Labute approximate surface area is 141 Å². The van der Waals surface area contributed by atoms with Crippen LogP contribution in [0.4, 0.5) is 4.79 Å². The summed E-state index contributed by atoms with van der Waals surface area (Å²) >= 11 is 0. The zero-order valence-corrected chi connectivity index (χ0v) is 15.8. The average Bonchev–Trinajstić information content (AvgIpc) is 2.88. The lowest BCUT2D eigenvalue weighted by molar-refractivity contribution is 0.00578. The van der Waals surface area contributed by atoms with E-state index < -0.39 is 5.60 Å². The summed E-state index contributed by atoms with van der Waals surface area (Å²) in [7, 11) is -0.143. The lowest BCUT2D eigenvalue weighted by atomic mass is 9.79. The van der Waals surface area contributed by atoms with Crippen LogP contribution in [-0.2, 0) is 14.0 Å². The zero-order chi connectivity index (χ0) is 17.5. The molecule has 0 aromatic heterocycles. The number of carbonyl (C=O) groups is 1. The molecule has 6 heteroatoms. The Balaban J connectivity index is 1.76. The molecule has 0 spiro atoms. The Bertz CT molecular complexity index is 428. The van der Waals surface area contributed by atoms with Crippen molar-refractivity contribution in [2.45, 2.75) is 84.4 Å². The molecule has 1 amide bonds. The van der Waals surface area contributed by atoms with Crippen molar-refractivity contribution in [2.24, 2.45) is 5.92 Å². The van der Waals surface area contributed by atoms with Crippen LogP contribution in [0.25, 0.3) is 0 Å². The molecule has 2 aliphatic heterocycles. The molecule has 2 rings (SSSR count). The van der Waals surface area contributed by atoms with Crippen molar-refractivity contribution < 1.29 is 18.8 Å². The van der Waals surface area contributed by atoms with Crippen LogP contribution in [0.3, 0.4) is 0 Å². The maximum Gasteiger partial charge on any atom is 0.457 e. The van der Waals surface area contributed by atoms with E-state index in [9.17, 15) is 4.79 Å². The molecule has 1 unspecified atom stereocenters. The molecule has 0 aliphatic carbocycles. The number of amides is 1. The molecule has 0 bridgehead atoms. The molecular weight excluding hydrogens is 293 g/mol. The van der Waals surface area contributed by atoms with Crippen molar-refractivity contribution in [1.82, 2.24) is 4.90 Å². The normalized spacial score (nSPS) is 26.7. The summed E-state index contributed by atoms with van der Waals surface area (Å²) in [5, 5.41) is 0. The van der Waals surface area contributed by atoms with Gasteiger partial charge >= 0.3 is 13.2 Å². The van der Waals surface area contributed by atoms with Gasteiger partial charge in [0, 0.05) is 13.1 Å².